The quantitative estimate of drug-likeness (QED) is 0.689. The van der Waals surface area contributed by atoms with E-state index in [2.05, 4.69) is 20.5 Å². The number of benzene rings is 1. The van der Waals surface area contributed by atoms with Crippen LogP contribution >= 0.6 is 11.8 Å². The summed E-state index contributed by atoms with van der Waals surface area (Å²) in [6, 6.07) is 5.96. The molecular weight excluding hydrogens is 328 g/mol. The highest BCUT2D eigenvalue weighted by Gasteiger charge is 2.19. The van der Waals surface area contributed by atoms with Gasteiger partial charge in [0, 0.05) is 5.69 Å². The van der Waals surface area contributed by atoms with Gasteiger partial charge in [0.2, 0.25) is 5.91 Å². The number of carbonyl (C=O) groups excluding carboxylic acids is 1. The predicted molar refractivity (Wildman–Crippen MR) is 94.6 cm³/mol. The minimum atomic E-state index is -0.675. The molecule has 1 unspecified atom stereocenters. The Morgan fingerprint density at radius 3 is 2.42 bits per heavy atom. The lowest BCUT2D eigenvalue weighted by Gasteiger charge is -2.16. The molecule has 1 amide bonds. The summed E-state index contributed by atoms with van der Waals surface area (Å²) in [6.45, 7) is 5.76. The van der Waals surface area contributed by atoms with Gasteiger partial charge in [0.15, 0.2) is 5.03 Å². The van der Waals surface area contributed by atoms with Crippen LogP contribution in [0.15, 0.2) is 32.8 Å². The van der Waals surface area contributed by atoms with Crippen molar-refractivity contribution in [2.45, 2.75) is 43.9 Å². The highest BCUT2D eigenvalue weighted by molar-refractivity contribution is 8.00. The van der Waals surface area contributed by atoms with Crippen molar-refractivity contribution in [3.63, 3.8) is 0 Å². The number of anilines is 1. The van der Waals surface area contributed by atoms with E-state index in [1.54, 1.807) is 6.92 Å². The lowest BCUT2D eigenvalue weighted by atomic mass is 10.0. The summed E-state index contributed by atoms with van der Waals surface area (Å²) < 4.78 is 0. The first-order valence-electron chi connectivity index (χ1n) is 7.73. The van der Waals surface area contributed by atoms with Crippen LogP contribution in [-0.4, -0.2) is 26.3 Å². The largest absolute Gasteiger partial charge is 0.342 e. The molecular formula is C16H20N4O3S. The Kier molecular flexibility index (Phi) is 5.97. The van der Waals surface area contributed by atoms with Crippen LogP contribution in [0.1, 0.15) is 31.9 Å². The van der Waals surface area contributed by atoms with E-state index in [9.17, 15) is 14.4 Å². The highest BCUT2D eigenvalue weighted by atomic mass is 32.2. The van der Waals surface area contributed by atoms with Gasteiger partial charge in [0.25, 0.3) is 5.56 Å². The minimum Gasteiger partial charge on any atom is -0.325 e. The van der Waals surface area contributed by atoms with Crippen LogP contribution in [0.5, 0.6) is 0 Å². The summed E-state index contributed by atoms with van der Waals surface area (Å²) in [5.41, 5.74) is 1.70. The Hall–Kier alpha value is -2.35. The van der Waals surface area contributed by atoms with E-state index >= 15 is 0 Å². The maximum atomic E-state index is 12.5. The number of aromatic amines is 2. The number of nitrogens with one attached hydrogen (secondary N) is 3. The Morgan fingerprint density at radius 2 is 1.88 bits per heavy atom. The number of amides is 1. The molecule has 0 saturated heterocycles. The maximum Gasteiger partial charge on any atom is 0.342 e. The molecule has 0 aliphatic rings. The molecule has 2 rings (SSSR count). The number of thioether (sulfide) groups is 1. The average Bonchev–Trinajstić information content (AvgIpc) is 2.57. The molecule has 1 aromatic heterocycles. The summed E-state index contributed by atoms with van der Waals surface area (Å²) in [5, 5.41) is 8.30. The Morgan fingerprint density at radius 1 is 1.25 bits per heavy atom. The molecule has 1 heterocycles. The first-order chi connectivity index (χ1) is 11.5. The zero-order chi connectivity index (χ0) is 17.7. The van der Waals surface area contributed by atoms with Gasteiger partial charge in [0.1, 0.15) is 0 Å². The van der Waals surface area contributed by atoms with Crippen molar-refractivity contribution in [1.82, 2.24) is 15.2 Å². The number of para-hydroxylation sites is 1. The Balaban J connectivity index is 2.18. The molecule has 8 heteroatoms. The molecule has 0 aliphatic carbocycles. The fraction of sp³-hybridized carbons (Fsp3) is 0.375. The summed E-state index contributed by atoms with van der Waals surface area (Å²) >= 11 is 0.996. The molecule has 0 spiro atoms. The number of hydrogen-bond donors (Lipinski definition) is 3. The van der Waals surface area contributed by atoms with Crippen LogP contribution in [0.3, 0.4) is 0 Å². The zero-order valence-corrected chi connectivity index (χ0v) is 14.6. The number of aryl methyl sites for hydroxylation is 2. The second-order valence-corrected chi connectivity index (χ2v) is 6.55. The van der Waals surface area contributed by atoms with Gasteiger partial charge in [-0.2, -0.15) is 5.10 Å². The second-order valence-electron chi connectivity index (χ2n) is 5.22. The molecule has 1 atom stereocenters. The maximum absolute atomic E-state index is 12.5. The molecule has 7 nitrogen and oxygen atoms in total. The van der Waals surface area contributed by atoms with Gasteiger partial charge < -0.3 is 5.32 Å². The second kappa shape index (κ2) is 7.96. The van der Waals surface area contributed by atoms with Crippen LogP contribution in [0.4, 0.5) is 5.69 Å². The molecule has 3 N–H and O–H groups in total. The molecule has 0 aliphatic heterocycles. The van der Waals surface area contributed by atoms with E-state index in [1.165, 1.54) is 0 Å². The molecule has 0 fully saturated rings. The zero-order valence-electron chi connectivity index (χ0n) is 13.8. The molecule has 0 bridgehead atoms. The summed E-state index contributed by atoms with van der Waals surface area (Å²) in [6.07, 6.45) is 1.62. The fourth-order valence-electron chi connectivity index (χ4n) is 2.27. The molecule has 0 radical (unpaired) electrons. The van der Waals surface area contributed by atoms with Crippen molar-refractivity contribution in [3.8, 4) is 0 Å². The van der Waals surface area contributed by atoms with Crippen molar-refractivity contribution >= 4 is 23.4 Å². The third-order valence-corrected chi connectivity index (χ3v) is 4.65. The van der Waals surface area contributed by atoms with Crippen molar-refractivity contribution < 1.29 is 4.79 Å². The fourth-order valence-corrected chi connectivity index (χ4v) is 3.02. The van der Waals surface area contributed by atoms with Crippen molar-refractivity contribution in [3.05, 3.63) is 50.2 Å². The first-order valence-corrected chi connectivity index (χ1v) is 8.61. The lowest BCUT2D eigenvalue weighted by Crippen LogP contribution is -2.28. The monoisotopic (exact) mass is 348 g/mol. The van der Waals surface area contributed by atoms with E-state index in [4.69, 9.17) is 0 Å². The van der Waals surface area contributed by atoms with E-state index in [1.807, 2.05) is 32.0 Å². The molecule has 2 aromatic rings. The van der Waals surface area contributed by atoms with E-state index in [-0.39, 0.29) is 10.9 Å². The molecule has 24 heavy (non-hydrogen) atoms. The summed E-state index contributed by atoms with van der Waals surface area (Å²) in [7, 11) is 0. The van der Waals surface area contributed by atoms with Crippen LogP contribution in [0.2, 0.25) is 0 Å². The van der Waals surface area contributed by atoms with Crippen molar-refractivity contribution in [2.24, 2.45) is 0 Å². The number of aromatic nitrogens is 3. The number of carbonyl (C=O) groups is 1. The molecule has 1 aromatic carbocycles. The number of nitrogens with zero attached hydrogens (tertiary/aromatic N) is 1. The highest BCUT2D eigenvalue weighted by Crippen LogP contribution is 2.25. The van der Waals surface area contributed by atoms with Gasteiger partial charge in [-0.25, -0.2) is 9.89 Å². The van der Waals surface area contributed by atoms with E-state index < -0.39 is 16.5 Å². The van der Waals surface area contributed by atoms with Gasteiger partial charge in [-0.3, -0.25) is 14.6 Å². The normalized spacial score (nSPS) is 12.0. The van der Waals surface area contributed by atoms with Gasteiger partial charge in [-0.1, -0.05) is 43.8 Å². The van der Waals surface area contributed by atoms with Crippen molar-refractivity contribution in [2.75, 3.05) is 5.32 Å². The molecule has 128 valence electrons. The molecule has 0 saturated carbocycles. The SMILES string of the molecule is CCc1cccc(CC)c1NC(=O)C(C)Sc1n[nH]c(=O)[nH]c1=O. The van der Waals surface area contributed by atoms with Crippen LogP contribution < -0.4 is 16.6 Å². The number of rotatable bonds is 6. The average molecular weight is 348 g/mol. The van der Waals surface area contributed by atoms with Gasteiger partial charge in [0.05, 0.1) is 5.25 Å². The topological polar surface area (TPSA) is 108 Å². The Labute approximate surface area is 143 Å². The lowest BCUT2D eigenvalue weighted by molar-refractivity contribution is -0.115. The number of hydrogen-bond acceptors (Lipinski definition) is 5. The standard InChI is InChI=1S/C16H20N4O3S/c1-4-10-7-6-8-11(5-2)12(10)17-13(21)9(3)24-15-14(22)18-16(23)20-19-15/h6-9H,4-5H2,1-3H3,(H,17,21)(H2,18,20,22,23). The summed E-state index contributed by atoms with van der Waals surface area (Å²) in [4.78, 5) is 37.2. The van der Waals surface area contributed by atoms with E-state index in [0.717, 1.165) is 41.4 Å². The van der Waals surface area contributed by atoms with E-state index in [0.29, 0.717) is 0 Å². The summed E-state index contributed by atoms with van der Waals surface area (Å²) in [5.74, 6) is -0.219. The first kappa shape index (κ1) is 18.0. The van der Waals surface area contributed by atoms with Crippen LogP contribution in [0.25, 0.3) is 0 Å². The number of H-pyrrole nitrogens is 2. The van der Waals surface area contributed by atoms with Gasteiger partial charge in [-0.05, 0) is 30.9 Å². The predicted octanol–water partition coefficient (Wildman–Crippen LogP) is 1.70. The smallest absolute Gasteiger partial charge is 0.325 e. The van der Waals surface area contributed by atoms with Gasteiger partial charge in [-0.15, -0.1) is 0 Å². The third kappa shape index (κ3) is 4.14. The van der Waals surface area contributed by atoms with Crippen LogP contribution in [0, 0.1) is 0 Å². The third-order valence-electron chi connectivity index (χ3n) is 3.58. The minimum absolute atomic E-state index is 0.0525. The van der Waals surface area contributed by atoms with Crippen molar-refractivity contribution in [1.29, 1.82) is 0 Å². The Bertz CT molecular complexity index is 821. The van der Waals surface area contributed by atoms with Crippen LogP contribution in [-0.2, 0) is 17.6 Å². The van der Waals surface area contributed by atoms with Gasteiger partial charge >= 0.3 is 5.69 Å².